The molecule has 2 atom stereocenters. The Morgan fingerprint density at radius 3 is 2.76 bits per heavy atom. The number of aromatic hydroxyl groups is 1. The van der Waals surface area contributed by atoms with Gasteiger partial charge in [-0.05, 0) is 26.3 Å². The largest absolute Gasteiger partial charge is 0.507 e. The number of aromatic amines is 1. The lowest BCUT2D eigenvalue weighted by molar-refractivity contribution is -0.00576. The number of benzene rings is 1. The van der Waals surface area contributed by atoms with Crippen molar-refractivity contribution >= 4 is 5.95 Å². The third-order valence-corrected chi connectivity index (χ3v) is 5.55. The van der Waals surface area contributed by atoms with Crippen molar-refractivity contribution in [1.82, 2.24) is 14.9 Å². The Morgan fingerprint density at radius 2 is 2.07 bits per heavy atom. The highest BCUT2D eigenvalue weighted by Crippen LogP contribution is 2.26. The van der Waals surface area contributed by atoms with Crippen LogP contribution in [0.1, 0.15) is 30.7 Å². The van der Waals surface area contributed by atoms with E-state index in [4.69, 9.17) is 14.5 Å². The van der Waals surface area contributed by atoms with E-state index in [1.807, 2.05) is 26.0 Å². The number of anilines is 1. The molecule has 4 rings (SSSR count). The number of phenolic OH excluding ortho intramolecular Hbond substituents is 1. The van der Waals surface area contributed by atoms with Gasteiger partial charge in [-0.25, -0.2) is 4.98 Å². The number of nitrogens with zero attached hydrogens (tertiary/aromatic N) is 3. The maximum atomic E-state index is 12.7. The van der Waals surface area contributed by atoms with Gasteiger partial charge in [0.2, 0.25) is 5.95 Å². The predicted octanol–water partition coefficient (Wildman–Crippen LogP) is 1.66. The van der Waals surface area contributed by atoms with Crippen LogP contribution in [0.3, 0.4) is 0 Å². The van der Waals surface area contributed by atoms with Gasteiger partial charge in [-0.15, -0.1) is 0 Å². The third kappa shape index (κ3) is 4.23. The zero-order chi connectivity index (χ0) is 20.5. The van der Waals surface area contributed by atoms with Gasteiger partial charge in [0.1, 0.15) is 11.5 Å². The number of phenols is 1. The second-order valence-corrected chi connectivity index (χ2v) is 7.93. The second kappa shape index (κ2) is 8.04. The topological polar surface area (TPSA) is 90.9 Å². The highest BCUT2D eigenvalue weighted by atomic mass is 16.5. The number of fused-ring (bicyclic) bond motifs is 1. The number of hydrogen-bond acceptors (Lipinski definition) is 7. The van der Waals surface area contributed by atoms with Crippen molar-refractivity contribution in [2.45, 2.75) is 45.6 Å². The Morgan fingerprint density at radius 1 is 1.31 bits per heavy atom. The van der Waals surface area contributed by atoms with Crippen LogP contribution in [-0.4, -0.2) is 58.9 Å². The summed E-state index contributed by atoms with van der Waals surface area (Å²) in [7, 11) is 1.58. The average molecular weight is 400 g/mol. The van der Waals surface area contributed by atoms with Crippen LogP contribution in [0, 0.1) is 0 Å². The molecule has 2 aromatic rings. The summed E-state index contributed by atoms with van der Waals surface area (Å²) in [5.74, 6) is 1.46. The molecular formula is C21H28N4O4. The lowest BCUT2D eigenvalue weighted by atomic mass is 10.1. The molecule has 0 unspecified atom stereocenters. The first-order chi connectivity index (χ1) is 13.9. The molecule has 156 valence electrons. The summed E-state index contributed by atoms with van der Waals surface area (Å²) in [4.78, 5) is 24.7. The molecule has 2 N–H and O–H groups in total. The van der Waals surface area contributed by atoms with Gasteiger partial charge in [0.05, 0.1) is 25.0 Å². The average Bonchev–Trinajstić information content (AvgIpc) is 2.68. The zero-order valence-electron chi connectivity index (χ0n) is 17.1. The molecule has 0 saturated carbocycles. The highest BCUT2D eigenvalue weighted by Gasteiger charge is 2.27. The quantitative estimate of drug-likeness (QED) is 0.806. The van der Waals surface area contributed by atoms with Gasteiger partial charge in [0.25, 0.3) is 5.56 Å². The van der Waals surface area contributed by atoms with Crippen molar-refractivity contribution in [2.75, 3.05) is 31.6 Å². The van der Waals surface area contributed by atoms with E-state index in [1.54, 1.807) is 13.2 Å². The molecule has 1 aromatic carbocycles. The molecule has 0 amide bonds. The van der Waals surface area contributed by atoms with Crippen LogP contribution < -0.4 is 15.2 Å². The first-order valence-electron chi connectivity index (χ1n) is 10.0. The summed E-state index contributed by atoms with van der Waals surface area (Å²) >= 11 is 0. The standard InChI is InChI=1S/C21H28N4O4/c1-13-9-25(10-14(2)29-13)21-22-18-12-24(7-6-17(18)20(27)23-21)11-15-4-5-16(28-3)8-19(15)26/h4-5,8,13-14,26H,6-7,9-12H2,1-3H3,(H,22,23,27)/t13-,14-/m1/s1. The summed E-state index contributed by atoms with van der Waals surface area (Å²) in [6.07, 6.45) is 0.828. The summed E-state index contributed by atoms with van der Waals surface area (Å²) in [5.41, 5.74) is 2.35. The lowest BCUT2D eigenvalue weighted by Crippen LogP contribution is -2.47. The number of nitrogens with one attached hydrogen (secondary N) is 1. The monoisotopic (exact) mass is 400 g/mol. The van der Waals surface area contributed by atoms with Crippen molar-refractivity contribution < 1.29 is 14.6 Å². The molecule has 8 nitrogen and oxygen atoms in total. The maximum Gasteiger partial charge on any atom is 0.255 e. The van der Waals surface area contributed by atoms with Crippen LogP contribution in [0.4, 0.5) is 5.95 Å². The molecule has 8 heteroatoms. The number of morpholine rings is 1. The number of aromatic nitrogens is 2. The van der Waals surface area contributed by atoms with Crippen molar-refractivity contribution in [1.29, 1.82) is 0 Å². The SMILES string of the molecule is COc1ccc(CN2CCc3c(nc(N4C[C@@H](C)O[C@H](C)C4)[nH]c3=O)C2)c(O)c1. The molecule has 2 aliphatic rings. The fourth-order valence-corrected chi connectivity index (χ4v) is 4.16. The Hall–Kier alpha value is -2.58. The zero-order valence-corrected chi connectivity index (χ0v) is 17.1. The van der Waals surface area contributed by atoms with Gasteiger partial charge in [0.15, 0.2) is 0 Å². The van der Waals surface area contributed by atoms with Crippen LogP contribution in [-0.2, 0) is 24.2 Å². The van der Waals surface area contributed by atoms with E-state index in [9.17, 15) is 9.90 Å². The van der Waals surface area contributed by atoms with Crippen molar-refractivity contribution in [2.24, 2.45) is 0 Å². The van der Waals surface area contributed by atoms with E-state index in [-0.39, 0.29) is 23.5 Å². The normalized spacial score (nSPS) is 22.4. The van der Waals surface area contributed by atoms with Gasteiger partial charge in [-0.3, -0.25) is 14.7 Å². The van der Waals surface area contributed by atoms with Crippen molar-refractivity contribution in [3.05, 3.63) is 45.4 Å². The summed E-state index contributed by atoms with van der Waals surface area (Å²) in [6.45, 7) is 7.38. The molecule has 0 radical (unpaired) electrons. The summed E-state index contributed by atoms with van der Waals surface area (Å²) in [5, 5.41) is 10.3. The van der Waals surface area contributed by atoms with E-state index < -0.39 is 0 Å². The number of H-pyrrole nitrogens is 1. The Kier molecular flexibility index (Phi) is 5.47. The Balaban J connectivity index is 1.54. The minimum atomic E-state index is -0.0521. The van der Waals surface area contributed by atoms with E-state index in [2.05, 4.69) is 14.8 Å². The van der Waals surface area contributed by atoms with Crippen LogP contribution in [0.2, 0.25) is 0 Å². The summed E-state index contributed by atoms with van der Waals surface area (Å²) in [6, 6.07) is 5.33. The minimum absolute atomic E-state index is 0.0521. The predicted molar refractivity (Wildman–Crippen MR) is 110 cm³/mol. The molecule has 29 heavy (non-hydrogen) atoms. The van der Waals surface area contributed by atoms with Crippen molar-refractivity contribution in [3.63, 3.8) is 0 Å². The van der Waals surface area contributed by atoms with Gasteiger partial charge >= 0.3 is 0 Å². The first kappa shape index (κ1) is 19.7. The molecule has 3 heterocycles. The number of rotatable bonds is 4. The molecule has 2 aliphatic heterocycles. The summed E-state index contributed by atoms with van der Waals surface area (Å²) < 4.78 is 10.9. The van der Waals surface area contributed by atoms with Gasteiger partial charge in [0, 0.05) is 49.9 Å². The molecule has 0 spiro atoms. The Bertz CT molecular complexity index is 935. The third-order valence-electron chi connectivity index (χ3n) is 5.55. The number of hydrogen-bond donors (Lipinski definition) is 2. The molecule has 0 bridgehead atoms. The number of ether oxygens (including phenoxy) is 2. The number of methoxy groups -OCH3 is 1. The minimum Gasteiger partial charge on any atom is -0.507 e. The molecular weight excluding hydrogens is 372 g/mol. The molecule has 0 aliphatic carbocycles. The van der Waals surface area contributed by atoms with E-state index >= 15 is 0 Å². The van der Waals surface area contributed by atoms with E-state index in [0.717, 1.165) is 23.4 Å². The van der Waals surface area contributed by atoms with Gasteiger partial charge in [-0.1, -0.05) is 6.07 Å². The van der Waals surface area contributed by atoms with Crippen LogP contribution in [0.15, 0.2) is 23.0 Å². The van der Waals surface area contributed by atoms with E-state index in [0.29, 0.717) is 44.3 Å². The van der Waals surface area contributed by atoms with Gasteiger partial charge < -0.3 is 19.5 Å². The van der Waals surface area contributed by atoms with Crippen molar-refractivity contribution in [3.8, 4) is 11.5 Å². The van der Waals surface area contributed by atoms with Crippen LogP contribution in [0.5, 0.6) is 11.5 Å². The van der Waals surface area contributed by atoms with Crippen LogP contribution >= 0.6 is 0 Å². The molecule has 1 fully saturated rings. The lowest BCUT2D eigenvalue weighted by Gasteiger charge is -2.36. The highest BCUT2D eigenvalue weighted by molar-refractivity contribution is 5.40. The fourth-order valence-electron chi connectivity index (χ4n) is 4.16. The molecule has 1 aromatic heterocycles. The molecule has 1 saturated heterocycles. The first-order valence-corrected chi connectivity index (χ1v) is 10.0. The van der Waals surface area contributed by atoms with E-state index in [1.165, 1.54) is 0 Å². The second-order valence-electron chi connectivity index (χ2n) is 7.93. The smallest absolute Gasteiger partial charge is 0.255 e. The Labute approximate surface area is 170 Å². The fraction of sp³-hybridized carbons (Fsp3) is 0.524. The van der Waals surface area contributed by atoms with Crippen LogP contribution in [0.25, 0.3) is 0 Å². The maximum absolute atomic E-state index is 12.7. The van der Waals surface area contributed by atoms with Gasteiger partial charge in [-0.2, -0.15) is 0 Å².